The largest absolute Gasteiger partial charge is 0.489 e. The monoisotopic (exact) mass is 581 g/mol. The van der Waals surface area contributed by atoms with Crippen LogP contribution in [0.25, 0.3) is 5.57 Å². The van der Waals surface area contributed by atoms with Crippen LogP contribution in [-0.2, 0) is 4.79 Å². The molecule has 0 aromatic carbocycles. The zero-order chi connectivity index (χ0) is 30.1. The summed E-state index contributed by atoms with van der Waals surface area (Å²) in [4.78, 5) is 37.9. The summed E-state index contributed by atoms with van der Waals surface area (Å²) in [6.07, 6.45) is 7.58. The maximum atomic E-state index is 13.2. The highest BCUT2D eigenvalue weighted by Crippen LogP contribution is 2.57. The number of nitrogens with one attached hydrogen (secondary N) is 1. The average Bonchev–Trinajstić information content (AvgIpc) is 3.74. The third kappa shape index (κ3) is 6.73. The van der Waals surface area contributed by atoms with Gasteiger partial charge in [-0.2, -0.15) is 4.98 Å². The minimum absolute atomic E-state index is 0.00203. The highest BCUT2D eigenvalue weighted by Gasteiger charge is 2.54. The van der Waals surface area contributed by atoms with E-state index in [1.54, 1.807) is 26.0 Å². The third-order valence-corrected chi connectivity index (χ3v) is 7.76. The molecule has 2 aromatic heterocycles. The summed E-state index contributed by atoms with van der Waals surface area (Å²) < 4.78 is 17.2. The van der Waals surface area contributed by atoms with Gasteiger partial charge in [0.15, 0.2) is 0 Å². The standard InChI is InChI=1S/C29H39N7O6/c1-28(2,39)15-41-22-6-5-21(35-23(22)16-3-4-16)19(13-31)25(38)34-17-9-29(10-17)11-18(12-29)42-26-20(24(32)37)14-33-27(36-26)40-8-7-30/h5-6,13-14,16-18,39H,3-4,7-12,15,30-31H2,1-2H3,(H2,32,37)(H,34,38). The number of rotatable bonds is 13. The predicted octanol–water partition coefficient (Wildman–Crippen LogP) is 1.14. The quantitative estimate of drug-likeness (QED) is 0.212. The number of aromatic nitrogens is 3. The van der Waals surface area contributed by atoms with E-state index in [-0.39, 0.29) is 60.1 Å². The van der Waals surface area contributed by atoms with Crippen molar-refractivity contribution in [3.8, 4) is 17.6 Å². The van der Waals surface area contributed by atoms with Gasteiger partial charge in [0.05, 0.1) is 28.8 Å². The van der Waals surface area contributed by atoms with E-state index in [0.29, 0.717) is 23.6 Å². The molecule has 42 heavy (non-hydrogen) atoms. The topological polar surface area (TPSA) is 211 Å². The van der Waals surface area contributed by atoms with E-state index in [1.807, 2.05) is 0 Å². The molecule has 0 unspecified atom stereocenters. The number of ether oxygens (including phenoxy) is 3. The van der Waals surface area contributed by atoms with Crippen LogP contribution in [0, 0.1) is 5.41 Å². The smallest absolute Gasteiger partial charge is 0.319 e. The Morgan fingerprint density at radius 2 is 1.90 bits per heavy atom. The Labute approximate surface area is 244 Å². The maximum Gasteiger partial charge on any atom is 0.319 e. The van der Waals surface area contributed by atoms with E-state index in [9.17, 15) is 14.7 Å². The van der Waals surface area contributed by atoms with Crippen LogP contribution in [0.3, 0.4) is 0 Å². The van der Waals surface area contributed by atoms with Gasteiger partial charge < -0.3 is 41.8 Å². The molecule has 3 aliphatic rings. The Morgan fingerprint density at radius 1 is 1.17 bits per heavy atom. The van der Waals surface area contributed by atoms with Gasteiger partial charge in [0, 0.05) is 24.7 Å². The molecule has 0 bridgehead atoms. The molecule has 0 radical (unpaired) electrons. The summed E-state index contributed by atoms with van der Waals surface area (Å²) in [5.41, 5.74) is 17.6. The Bertz CT molecular complexity index is 1360. The first-order valence-electron chi connectivity index (χ1n) is 14.2. The molecule has 3 aliphatic carbocycles. The number of aliphatic hydroxyl groups is 1. The first kappa shape index (κ1) is 29.5. The lowest BCUT2D eigenvalue weighted by Gasteiger charge is -2.57. The number of carbonyl (C=O) groups excluding carboxylic acids is 2. The number of pyridine rings is 1. The zero-order valence-corrected chi connectivity index (χ0v) is 24.0. The Balaban J connectivity index is 1.15. The predicted molar refractivity (Wildman–Crippen MR) is 153 cm³/mol. The van der Waals surface area contributed by atoms with Crippen LogP contribution in [0.4, 0.5) is 0 Å². The van der Waals surface area contributed by atoms with Crippen LogP contribution in [0.2, 0.25) is 0 Å². The molecule has 8 N–H and O–H groups in total. The van der Waals surface area contributed by atoms with Crippen molar-refractivity contribution in [2.45, 2.75) is 76.0 Å². The number of carbonyl (C=O) groups is 2. The summed E-state index contributed by atoms with van der Waals surface area (Å²) in [6.45, 7) is 4.03. The second-order valence-corrected chi connectivity index (χ2v) is 12.1. The van der Waals surface area contributed by atoms with E-state index in [4.69, 9.17) is 36.4 Å². The summed E-state index contributed by atoms with van der Waals surface area (Å²) in [5.74, 6) is 0.0269. The third-order valence-electron chi connectivity index (χ3n) is 7.76. The number of hydrogen-bond donors (Lipinski definition) is 5. The van der Waals surface area contributed by atoms with Gasteiger partial charge in [-0.3, -0.25) is 9.59 Å². The van der Waals surface area contributed by atoms with Gasteiger partial charge in [0.25, 0.3) is 11.8 Å². The first-order chi connectivity index (χ1) is 20.0. The summed E-state index contributed by atoms with van der Waals surface area (Å²) in [5, 5.41) is 13.1. The summed E-state index contributed by atoms with van der Waals surface area (Å²) in [6, 6.07) is 3.58. The molecule has 2 aromatic rings. The van der Waals surface area contributed by atoms with Crippen LogP contribution in [-0.4, -0.2) is 69.4 Å². The van der Waals surface area contributed by atoms with E-state index in [0.717, 1.165) is 44.2 Å². The van der Waals surface area contributed by atoms with Crippen LogP contribution in [0.5, 0.6) is 17.6 Å². The number of hydrogen-bond acceptors (Lipinski definition) is 11. The summed E-state index contributed by atoms with van der Waals surface area (Å²) >= 11 is 0. The van der Waals surface area contributed by atoms with Crippen molar-refractivity contribution >= 4 is 17.4 Å². The second kappa shape index (κ2) is 11.7. The molecule has 226 valence electrons. The normalized spacial score (nSPS) is 23.5. The van der Waals surface area contributed by atoms with Crippen molar-refractivity contribution in [2.24, 2.45) is 22.6 Å². The number of primary amides is 1. The van der Waals surface area contributed by atoms with Crippen LogP contribution < -0.4 is 36.7 Å². The lowest BCUT2D eigenvalue weighted by atomic mass is 9.53. The zero-order valence-electron chi connectivity index (χ0n) is 24.0. The highest BCUT2D eigenvalue weighted by molar-refractivity contribution is 6.19. The van der Waals surface area contributed by atoms with Crippen molar-refractivity contribution in [3.63, 3.8) is 0 Å². The molecule has 0 aliphatic heterocycles. The van der Waals surface area contributed by atoms with E-state index < -0.39 is 11.5 Å². The molecular formula is C29H39N7O6. The minimum Gasteiger partial charge on any atom is -0.489 e. The van der Waals surface area contributed by atoms with Crippen molar-refractivity contribution < 1.29 is 28.9 Å². The van der Waals surface area contributed by atoms with Crippen molar-refractivity contribution in [2.75, 3.05) is 19.8 Å². The van der Waals surface area contributed by atoms with Gasteiger partial charge in [-0.1, -0.05) is 0 Å². The Kier molecular flexibility index (Phi) is 8.24. The molecule has 1 spiro atoms. The SMILES string of the molecule is CC(C)(O)COc1ccc(C(=CN)C(=O)NC2CC3(C2)CC(Oc2nc(OCCN)ncc2C(N)=O)C3)nc1C1CC1. The molecule has 2 heterocycles. The van der Waals surface area contributed by atoms with E-state index >= 15 is 0 Å². The Morgan fingerprint density at radius 3 is 2.52 bits per heavy atom. The summed E-state index contributed by atoms with van der Waals surface area (Å²) in [7, 11) is 0. The average molecular weight is 582 g/mol. The van der Waals surface area contributed by atoms with Crippen LogP contribution in [0.15, 0.2) is 24.5 Å². The lowest BCUT2D eigenvalue weighted by Crippen LogP contribution is -2.59. The van der Waals surface area contributed by atoms with Crippen LogP contribution in [0.1, 0.15) is 80.0 Å². The fraction of sp³-hybridized carbons (Fsp3) is 0.552. The van der Waals surface area contributed by atoms with Gasteiger partial charge in [0.1, 0.15) is 30.6 Å². The fourth-order valence-electron chi connectivity index (χ4n) is 5.58. The van der Waals surface area contributed by atoms with Crippen LogP contribution >= 0.6 is 0 Å². The molecule has 13 heteroatoms. The molecule has 3 saturated carbocycles. The van der Waals surface area contributed by atoms with Crippen molar-refractivity contribution in [3.05, 3.63) is 41.5 Å². The lowest BCUT2D eigenvalue weighted by molar-refractivity contribution is -0.122. The highest BCUT2D eigenvalue weighted by atomic mass is 16.5. The molecular weight excluding hydrogens is 542 g/mol. The fourth-order valence-corrected chi connectivity index (χ4v) is 5.58. The van der Waals surface area contributed by atoms with Gasteiger partial charge in [-0.15, -0.1) is 0 Å². The second-order valence-electron chi connectivity index (χ2n) is 12.1. The van der Waals surface area contributed by atoms with Gasteiger partial charge in [-0.25, -0.2) is 9.97 Å². The molecule has 0 atom stereocenters. The molecule has 0 saturated heterocycles. The number of nitrogens with two attached hydrogens (primary N) is 3. The van der Waals surface area contributed by atoms with Gasteiger partial charge in [-0.05, 0) is 69.9 Å². The number of nitrogens with zero attached hydrogens (tertiary/aromatic N) is 3. The molecule has 2 amide bonds. The maximum absolute atomic E-state index is 13.2. The first-order valence-corrected chi connectivity index (χ1v) is 14.2. The molecule has 13 nitrogen and oxygen atoms in total. The van der Waals surface area contributed by atoms with Gasteiger partial charge >= 0.3 is 6.01 Å². The van der Waals surface area contributed by atoms with Crippen molar-refractivity contribution in [1.82, 2.24) is 20.3 Å². The minimum atomic E-state index is -0.973. The molecule has 5 rings (SSSR count). The van der Waals surface area contributed by atoms with Crippen molar-refractivity contribution in [1.29, 1.82) is 0 Å². The van der Waals surface area contributed by atoms with E-state index in [1.165, 1.54) is 12.4 Å². The molecule has 3 fully saturated rings. The van der Waals surface area contributed by atoms with E-state index in [2.05, 4.69) is 15.3 Å². The number of amides is 2. The Hall–Kier alpha value is -3.97. The van der Waals surface area contributed by atoms with Gasteiger partial charge in [0.2, 0.25) is 5.88 Å².